The van der Waals surface area contributed by atoms with Crippen LogP contribution in [0.2, 0.25) is 0 Å². The first-order valence-corrected chi connectivity index (χ1v) is 8.62. The Morgan fingerprint density at radius 2 is 2.12 bits per heavy atom. The van der Waals surface area contributed by atoms with Crippen LogP contribution in [0.4, 0.5) is 0 Å². The average molecular weight is 335 g/mol. The highest BCUT2D eigenvalue weighted by Crippen LogP contribution is 2.32. The van der Waals surface area contributed by atoms with Crippen LogP contribution in [-0.2, 0) is 9.53 Å². The van der Waals surface area contributed by atoms with Gasteiger partial charge in [0.25, 0.3) is 5.91 Å². The summed E-state index contributed by atoms with van der Waals surface area (Å²) in [6.07, 6.45) is 7.67. The number of hydrogen-bond acceptors (Lipinski definition) is 4. The van der Waals surface area contributed by atoms with Gasteiger partial charge in [-0.15, -0.1) is 0 Å². The number of likely N-dealkylation sites (tertiary alicyclic amines) is 1. The fraction of sp³-hybridized carbons (Fsp3) is 0.706. The molecule has 132 valence electrons. The first-order valence-electron chi connectivity index (χ1n) is 8.62. The Hall–Kier alpha value is -1.89. The number of rotatable bonds is 5. The van der Waals surface area contributed by atoms with E-state index in [1.807, 2.05) is 10.9 Å². The van der Waals surface area contributed by atoms with Gasteiger partial charge in [-0.1, -0.05) is 12.8 Å². The molecule has 2 heterocycles. The Bertz CT molecular complexity index is 605. The maximum Gasteiger partial charge on any atom is 0.313 e. The number of piperidine rings is 1. The fourth-order valence-corrected chi connectivity index (χ4v) is 3.92. The second-order valence-corrected chi connectivity index (χ2v) is 6.97. The number of hydrogen-bond donors (Lipinski definition) is 1. The van der Waals surface area contributed by atoms with Crippen molar-refractivity contribution < 1.29 is 19.4 Å². The Kier molecular flexibility index (Phi) is 4.89. The number of aliphatic carboxylic acids is 1. The van der Waals surface area contributed by atoms with E-state index in [0.29, 0.717) is 31.1 Å². The van der Waals surface area contributed by atoms with Gasteiger partial charge in [-0.25, -0.2) is 0 Å². The third kappa shape index (κ3) is 3.17. The molecule has 0 bridgehead atoms. The number of methoxy groups -OCH3 is 1. The minimum absolute atomic E-state index is 0.114. The van der Waals surface area contributed by atoms with Crippen molar-refractivity contribution in [3.05, 3.63) is 18.0 Å². The molecule has 1 amide bonds. The van der Waals surface area contributed by atoms with Gasteiger partial charge in [0.15, 0.2) is 0 Å². The predicted octanol–water partition coefficient (Wildman–Crippen LogP) is 1.95. The van der Waals surface area contributed by atoms with Crippen molar-refractivity contribution in [2.45, 2.75) is 44.6 Å². The van der Waals surface area contributed by atoms with Gasteiger partial charge in [0.2, 0.25) is 0 Å². The standard InChI is InChI=1S/C17H25N3O4/c1-24-12-17(16(22)23)8-4-9-19(11-17)15(21)14-7-10-20(18-14)13-5-2-3-6-13/h7,10,13H,2-6,8-9,11-12H2,1H3,(H,22,23). The summed E-state index contributed by atoms with van der Waals surface area (Å²) in [4.78, 5) is 26.1. The lowest BCUT2D eigenvalue weighted by Crippen LogP contribution is -2.52. The van der Waals surface area contributed by atoms with Crippen molar-refractivity contribution in [3.8, 4) is 0 Å². The van der Waals surface area contributed by atoms with E-state index in [9.17, 15) is 14.7 Å². The number of amides is 1. The lowest BCUT2D eigenvalue weighted by Gasteiger charge is -2.39. The maximum absolute atomic E-state index is 12.8. The zero-order valence-electron chi connectivity index (χ0n) is 14.1. The van der Waals surface area contributed by atoms with Crippen LogP contribution in [0.15, 0.2) is 12.3 Å². The van der Waals surface area contributed by atoms with Crippen LogP contribution in [0, 0.1) is 5.41 Å². The molecule has 1 unspecified atom stereocenters. The van der Waals surface area contributed by atoms with E-state index in [1.165, 1.54) is 20.0 Å². The SMILES string of the molecule is COCC1(C(=O)O)CCCN(C(=O)c2ccn(C3CCCC3)n2)C1. The van der Waals surface area contributed by atoms with Crippen LogP contribution in [0.1, 0.15) is 55.1 Å². The van der Waals surface area contributed by atoms with Gasteiger partial charge in [0.1, 0.15) is 11.1 Å². The van der Waals surface area contributed by atoms with E-state index < -0.39 is 11.4 Å². The molecule has 1 aliphatic carbocycles. The highest BCUT2D eigenvalue weighted by atomic mass is 16.5. The van der Waals surface area contributed by atoms with E-state index >= 15 is 0 Å². The highest BCUT2D eigenvalue weighted by Gasteiger charge is 2.44. The summed E-state index contributed by atoms with van der Waals surface area (Å²) >= 11 is 0. The quantitative estimate of drug-likeness (QED) is 0.889. The Labute approximate surface area is 141 Å². The van der Waals surface area contributed by atoms with Gasteiger partial charge in [-0.2, -0.15) is 5.10 Å². The number of carboxylic acids is 1. The van der Waals surface area contributed by atoms with Crippen LogP contribution < -0.4 is 0 Å². The van der Waals surface area contributed by atoms with E-state index in [4.69, 9.17) is 4.74 Å². The van der Waals surface area contributed by atoms with Gasteiger partial charge in [0, 0.05) is 26.4 Å². The largest absolute Gasteiger partial charge is 0.481 e. The van der Waals surface area contributed by atoms with Crippen LogP contribution in [0.5, 0.6) is 0 Å². The number of ether oxygens (including phenoxy) is 1. The lowest BCUT2D eigenvalue weighted by atomic mass is 9.80. The molecule has 2 aliphatic rings. The van der Waals surface area contributed by atoms with Crippen molar-refractivity contribution in [2.24, 2.45) is 5.41 Å². The second kappa shape index (κ2) is 6.93. The molecular formula is C17H25N3O4. The zero-order valence-corrected chi connectivity index (χ0v) is 14.1. The number of carboxylic acid groups (broad SMARTS) is 1. The minimum Gasteiger partial charge on any atom is -0.481 e. The normalized spacial score (nSPS) is 25.1. The molecule has 3 rings (SSSR count). The summed E-state index contributed by atoms with van der Waals surface area (Å²) in [6, 6.07) is 2.13. The summed E-state index contributed by atoms with van der Waals surface area (Å²) in [5.74, 6) is -1.09. The van der Waals surface area contributed by atoms with Crippen LogP contribution in [0.25, 0.3) is 0 Å². The van der Waals surface area contributed by atoms with Gasteiger partial charge in [0.05, 0.1) is 12.6 Å². The van der Waals surface area contributed by atoms with Gasteiger partial charge in [-0.05, 0) is 31.7 Å². The molecule has 2 fully saturated rings. The van der Waals surface area contributed by atoms with Crippen molar-refractivity contribution in [2.75, 3.05) is 26.8 Å². The smallest absolute Gasteiger partial charge is 0.313 e. The molecule has 0 radical (unpaired) electrons. The first kappa shape index (κ1) is 17.0. The molecule has 0 aromatic carbocycles. The van der Waals surface area contributed by atoms with Crippen LogP contribution >= 0.6 is 0 Å². The first-order chi connectivity index (χ1) is 11.6. The van der Waals surface area contributed by atoms with Crippen LogP contribution in [0.3, 0.4) is 0 Å². The Balaban J connectivity index is 1.73. The lowest BCUT2D eigenvalue weighted by molar-refractivity contribution is -0.155. The van der Waals surface area contributed by atoms with Crippen molar-refractivity contribution in [1.29, 1.82) is 0 Å². The van der Waals surface area contributed by atoms with E-state index in [-0.39, 0.29) is 19.1 Å². The molecule has 7 nitrogen and oxygen atoms in total. The van der Waals surface area contributed by atoms with Crippen molar-refractivity contribution in [3.63, 3.8) is 0 Å². The zero-order chi connectivity index (χ0) is 17.2. The van der Waals surface area contributed by atoms with Gasteiger partial charge >= 0.3 is 5.97 Å². The molecule has 24 heavy (non-hydrogen) atoms. The minimum atomic E-state index is -1.02. The number of carbonyl (C=O) groups excluding carboxylic acids is 1. The maximum atomic E-state index is 12.8. The summed E-state index contributed by atoms with van der Waals surface area (Å²) < 4.78 is 7.01. The Morgan fingerprint density at radius 1 is 1.38 bits per heavy atom. The third-order valence-electron chi connectivity index (χ3n) is 5.26. The van der Waals surface area contributed by atoms with Crippen molar-refractivity contribution in [1.82, 2.24) is 14.7 Å². The van der Waals surface area contributed by atoms with E-state index in [1.54, 1.807) is 11.0 Å². The number of carbonyl (C=O) groups is 2. The molecule has 1 aromatic heterocycles. The average Bonchev–Trinajstić information content (AvgIpc) is 3.25. The molecule has 1 atom stereocenters. The summed E-state index contributed by atoms with van der Waals surface area (Å²) in [5.41, 5.74) is -0.614. The highest BCUT2D eigenvalue weighted by molar-refractivity contribution is 5.92. The van der Waals surface area contributed by atoms with Gasteiger partial charge < -0.3 is 14.7 Å². The molecule has 1 N–H and O–H groups in total. The number of nitrogens with zero attached hydrogens (tertiary/aromatic N) is 3. The second-order valence-electron chi connectivity index (χ2n) is 6.97. The predicted molar refractivity (Wildman–Crippen MR) is 86.8 cm³/mol. The monoisotopic (exact) mass is 335 g/mol. The third-order valence-corrected chi connectivity index (χ3v) is 5.26. The van der Waals surface area contributed by atoms with Crippen molar-refractivity contribution >= 4 is 11.9 Å². The molecule has 0 spiro atoms. The number of aromatic nitrogens is 2. The summed E-state index contributed by atoms with van der Waals surface area (Å²) in [5, 5.41) is 14.1. The molecule has 7 heteroatoms. The summed E-state index contributed by atoms with van der Waals surface area (Å²) in [6.45, 7) is 0.849. The van der Waals surface area contributed by atoms with E-state index in [2.05, 4.69) is 5.10 Å². The molecule has 1 saturated heterocycles. The molecule has 1 aromatic rings. The molecule has 1 saturated carbocycles. The van der Waals surface area contributed by atoms with E-state index in [0.717, 1.165) is 12.8 Å². The summed E-state index contributed by atoms with van der Waals surface area (Å²) in [7, 11) is 1.49. The van der Waals surface area contributed by atoms with Gasteiger partial charge in [-0.3, -0.25) is 14.3 Å². The fourth-order valence-electron chi connectivity index (χ4n) is 3.92. The van der Waals surface area contributed by atoms with Crippen LogP contribution in [-0.4, -0.2) is 58.5 Å². The molecular weight excluding hydrogens is 310 g/mol. The Morgan fingerprint density at radius 3 is 2.79 bits per heavy atom. The molecule has 1 aliphatic heterocycles. The topological polar surface area (TPSA) is 84.7 Å².